The zero-order chi connectivity index (χ0) is 9.97. The second-order valence-corrected chi connectivity index (χ2v) is 4.67. The van der Waals surface area contributed by atoms with Gasteiger partial charge in [-0.3, -0.25) is 4.79 Å². The van der Waals surface area contributed by atoms with Gasteiger partial charge >= 0.3 is 5.97 Å². The fourth-order valence-electron chi connectivity index (χ4n) is 2.90. The summed E-state index contributed by atoms with van der Waals surface area (Å²) in [5.41, 5.74) is 0. The van der Waals surface area contributed by atoms with E-state index < -0.39 is 0 Å². The Balaban J connectivity index is 1.95. The molecule has 1 aliphatic carbocycles. The van der Waals surface area contributed by atoms with Gasteiger partial charge in [0.05, 0.1) is 5.92 Å². The molecule has 1 saturated heterocycles. The molecule has 0 bridgehead atoms. The molecule has 0 aromatic heterocycles. The summed E-state index contributed by atoms with van der Waals surface area (Å²) in [5, 5.41) is 0. The predicted molar refractivity (Wildman–Crippen MR) is 54.9 cm³/mol. The van der Waals surface area contributed by atoms with Crippen LogP contribution in [0.4, 0.5) is 0 Å². The van der Waals surface area contributed by atoms with Crippen molar-refractivity contribution in [1.29, 1.82) is 0 Å². The van der Waals surface area contributed by atoms with Gasteiger partial charge in [0.25, 0.3) is 0 Å². The van der Waals surface area contributed by atoms with Crippen LogP contribution in [0.5, 0.6) is 0 Å². The van der Waals surface area contributed by atoms with Crippen LogP contribution in [0.1, 0.15) is 51.9 Å². The van der Waals surface area contributed by atoms with E-state index in [-0.39, 0.29) is 18.0 Å². The molecular weight excluding hydrogens is 176 g/mol. The van der Waals surface area contributed by atoms with Crippen molar-refractivity contribution < 1.29 is 9.53 Å². The van der Waals surface area contributed by atoms with Gasteiger partial charge in [0.2, 0.25) is 0 Å². The first-order valence-corrected chi connectivity index (χ1v) is 6.03. The van der Waals surface area contributed by atoms with E-state index in [0.29, 0.717) is 5.92 Å². The van der Waals surface area contributed by atoms with Gasteiger partial charge in [0.15, 0.2) is 0 Å². The van der Waals surface area contributed by atoms with Gasteiger partial charge in [-0.1, -0.05) is 32.6 Å². The highest BCUT2D eigenvalue weighted by Gasteiger charge is 2.44. The third-order valence-electron chi connectivity index (χ3n) is 3.71. The van der Waals surface area contributed by atoms with Gasteiger partial charge in [0.1, 0.15) is 6.10 Å². The number of hydrogen-bond donors (Lipinski definition) is 0. The number of carbonyl (C=O) groups is 1. The van der Waals surface area contributed by atoms with Crippen molar-refractivity contribution >= 4 is 5.97 Å². The lowest BCUT2D eigenvalue weighted by molar-refractivity contribution is -0.144. The minimum absolute atomic E-state index is 0.0933. The molecule has 1 saturated carbocycles. The van der Waals surface area contributed by atoms with Crippen LogP contribution in [-0.4, -0.2) is 12.1 Å². The number of unbranched alkanes of at least 4 members (excludes halogenated alkanes) is 1. The summed E-state index contributed by atoms with van der Waals surface area (Å²) in [6.07, 6.45) is 8.54. The Morgan fingerprint density at radius 2 is 2.14 bits per heavy atom. The number of rotatable bonds is 3. The fourth-order valence-corrected chi connectivity index (χ4v) is 2.90. The van der Waals surface area contributed by atoms with Gasteiger partial charge < -0.3 is 4.74 Å². The molecule has 2 nitrogen and oxygen atoms in total. The monoisotopic (exact) mass is 196 g/mol. The zero-order valence-corrected chi connectivity index (χ0v) is 9.00. The highest BCUT2D eigenvalue weighted by Crippen LogP contribution is 2.41. The Labute approximate surface area is 86.0 Å². The van der Waals surface area contributed by atoms with Crippen molar-refractivity contribution in [3.05, 3.63) is 0 Å². The number of esters is 1. The smallest absolute Gasteiger partial charge is 0.309 e. The third kappa shape index (κ3) is 1.79. The number of cyclic esters (lactones) is 1. The normalized spacial score (nSPS) is 36.6. The van der Waals surface area contributed by atoms with Gasteiger partial charge in [0, 0.05) is 5.92 Å². The average Bonchev–Trinajstić information content (AvgIpc) is 2.54. The molecule has 14 heavy (non-hydrogen) atoms. The topological polar surface area (TPSA) is 26.3 Å². The third-order valence-corrected chi connectivity index (χ3v) is 3.71. The van der Waals surface area contributed by atoms with Crippen LogP contribution in [0.2, 0.25) is 0 Å². The molecule has 0 N–H and O–H groups in total. The fraction of sp³-hybridized carbons (Fsp3) is 0.917. The lowest BCUT2D eigenvalue weighted by atomic mass is 9.77. The van der Waals surface area contributed by atoms with Crippen molar-refractivity contribution in [2.45, 2.75) is 58.0 Å². The van der Waals surface area contributed by atoms with Crippen LogP contribution < -0.4 is 0 Å². The molecule has 0 aromatic carbocycles. The highest BCUT2D eigenvalue weighted by atomic mass is 16.6. The molecular formula is C12H20O2. The average molecular weight is 196 g/mol. The van der Waals surface area contributed by atoms with Crippen molar-refractivity contribution in [3.8, 4) is 0 Å². The maximum Gasteiger partial charge on any atom is 0.309 e. The Morgan fingerprint density at radius 3 is 2.93 bits per heavy atom. The summed E-state index contributed by atoms with van der Waals surface area (Å²) in [4.78, 5) is 11.6. The van der Waals surface area contributed by atoms with E-state index in [0.717, 1.165) is 12.8 Å². The van der Waals surface area contributed by atoms with Crippen molar-refractivity contribution in [2.24, 2.45) is 11.8 Å². The van der Waals surface area contributed by atoms with Crippen molar-refractivity contribution in [2.75, 3.05) is 0 Å². The van der Waals surface area contributed by atoms with Crippen LogP contribution in [0, 0.1) is 11.8 Å². The molecule has 2 heteroatoms. The molecule has 0 radical (unpaired) electrons. The van der Waals surface area contributed by atoms with E-state index in [2.05, 4.69) is 6.92 Å². The molecule has 0 aromatic rings. The quantitative estimate of drug-likeness (QED) is 0.649. The van der Waals surface area contributed by atoms with Crippen LogP contribution in [0.15, 0.2) is 0 Å². The lowest BCUT2D eigenvalue weighted by Gasteiger charge is -2.24. The highest BCUT2D eigenvalue weighted by molar-refractivity contribution is 5.75. The molecule has 2 aliphatic rings. The zero-order valence-electron chi connectivity index (χ0n) is 9.00. The summed E-state index contributed by atoms with van der Waals surface area (Å²) in [7, 11) is 0. The van der Waals surface area contributed by atoms with Crippen LogP contribution in [0.25, 0.3) is 0 Å². The van der Waals surface area contributed by atoms with Crippen LogP contribution >= 0.6 is 0 Å². The van der Waals surface area contributed by atoms with Crippen molar-refractivity contribution in [1.82, 2.24) is 0 Å². The molecule has 3 atom stereocenters. The molecule has 0 spiro atoms. The molecule has 2 fully saturated rings. The summed E-state index contributed by atoms with van der Waals surface area (Å²) in [6, 6.07) is 0. The number of hydrogen-bond acceptors (Lipinski definition) is 2. The van der Waals surface area contributed by atoms with Gasteiger partial charge in [-0.15, -0.1) is 0 Å². The largest absolute Gasteiger partial charge is 0.462 e. The van der Waals surface area contributed by atoms with Crippen LogP contribution in [-0.2, 0) is 9.53 Å². The molecule has 2 rings (SSSR count). The Kier molecular flexibility index (Phi) is 3.09. The molecule has 0 amide bonds. The first-order chi connectivity index (χ1) is 6.83. The van der Waals surface area contributed by atoms with Gasteiger partial charge in [-0.25, -0.2) is 0 Å². The minimum atomic E-state index is 0.0933. The summed E-state index contributed by atoms with van der Waals surface area (Å²) in [5.74, 6) is 0.907. The SMILES string of the molecule is CCCC[C@@H]1OC(=O)[C@@H]2CCCC[C@@H]12. The second-order valence-electron chi connectivity index (χ2n) is 4.67. The van der Waals surface area contributed by atoms with E-state index >= 15 is 0 Å². The molecule has 0 unspecified atom stereocenters. The summed E-state index contributed by atoms with van der Waals surface area (Å²) < 4.78 is 5.47. The number of ether oxygens (including phenoxy) is 1. The van der Waals surface area contributed by atoms with E-state index in [1.165, 1.54) is 32.1 Å². The Bertz CT molecular complexity index is 212. The Hall–Kier alpha value is -0.530. The van der Waals surface area contributed by atoms with Crippen LogP contribution in [0.3, 0.4) is 0 Å². The van der Waals surface area contributed by atoms with E-state index in [4.69, 9.17) is 4.74 Å². The summed E-state index contributed by atoms with van der Waals surface area (Å²) >= 11 is 0. The minimum Gasteiger partial charge on any atom is -0.462 e. The van der Waals surface area contributed by atoms with Crippen molar-refractivity contribution in [3.63, 3.8) is 0 Å². The molecule has 1 aliphatic heterocycles. The van der Waals surface area contributed by atoms with E-state index in [1.54, 1.807) is 0 Å². The van der Waals surface area contributed by atoms with Gasteiger partial charge in [-0.05, 0) is 19.3 Å². The standard InChI is InChI=1S/C12H20O2/c1-2-3-8-11-9-6-4-5-7-10(9)12(13)14-11/h9-11H,2-8H2,1H3/t9-,10-,11+/m1/s1. The first-order valence-electron chi connectivity index (χ1n) is 6.03. The van der Waals surface area contributed by atoms with E-state index in [9.17, 15) is 4.79 Å². The lowest BCUT2D eigenvalue weighted by Crippen LogP contribution is -2.24. The first kappa shape index (κ1) is 10.0. The Morgan fingerprint density at radius 1 is 1.36 bits per heavy atom. The molecule has 80 valence electrons. The van der Waals surface area contributed by atoms with E-state index in [1.807, 2.05) is 0 Å². The second kappa shape index (κ2) is 4.33. The number of fused-ring (bicyclic) bond motifs is 1. The maximum atomic E-state index is 11.6. The predicted octanol–water partition coefficient (Wildman–Crippen LogP) is 2.91. The maximum absolute atomic E-state index is 11.6. The number of carbonyl (C=O) groups excluding carboxylic acids is 1. The van der Waals surface area contributed by atoms with Gasteiger partial charge in [-0.2, -0.15) is 0 Å². The summed E-state index contributed by atoms with van der Waals surface area (Å²) in [6.45, 7) is 2.19. The molecule has 1 heterocycles.